The highest BCUT2D eigenvalue weighted by Gasteiger charge is 2.41. The number of amides is 1. The van der Waals surface area contributed by atoms with Gasteiger partial charge in [-0.2, -0.15) is 0 Å². The van der Waals surface area contributed by atoms with Gasteiger partial charge in [0.2, 0.25) is 5.91 Å². The molecular weight excluding hydrogens is 248 g/mol. The third kappa shape index (κ3) is 2.10. The Bertz CT molecular complexity index is 455. The Morgan fingerprint density at radius 1 is 1.50 bits per heavy atom. The minimum Gasteiger partial charge on any atom is -0.342 e. The molecule has 2 rings (SSSR count). The fourth-order valence-corrected chi connectivity index (χ4v) is 3.20. The Hall–Kier alpha value is -1.14. The average Bonchev–Trinajstić information content (AvgIpc) is 2.75. The molecule has 0 radical (unpaired) electrons. The van der Waals surface area contributed by atoms with Crippen LogP contribution in [0.3, 0.4) is 0 Å². The quantitative estimate of drug-likeness (QED) is 0.876. The first kappa shape index (κ1) is 13.3. The molecule has 1 aromatic heterocycles. The molecule has 1 unspecified atom stereocenters. The van der Waals surface area contributed by atoms with Crippen molar-refractivity contribution >= 4 is 22.4 Å². The molecule has 5 nitrogen and oxygen atoms in total. The van der Waals surface area contributed by atoms with E-state index in [0.29, 0.717) is 0 Å². The van der Waals surface area contributed by atoms with Crippen molar-refractivity contribution in [2.24, 2.45) is 5.73 Å². The van der Waals surface area contributed by atoms with Crippen LogP contribution in [0.25, 0.3) is 0 Å². The molecule has 1 aliphatic heterocycles. The van der Waals surface area contributed by atoms with Gasteiger partial charge in [0, 0.05) is 37.3 Å². The van der Waals surface area contributed by atoms with Gasteiger partial charge in [-0.05, 0) is 20.8 Å². The van der Waals surface area contributed by atoms with Crippen LogP contribution >= 0.6 is 11.3 Å². The van der Waals surface area contributed by atoms with Gasteiger partial charge in [-0.25, -0.2) is 4.98 Å². The maximum Gasteiger partial charge on any atom is 0.247 e. The molecule has 2 heterocycles. The minimum absolute atomic E-state index is 0.0115. The van der Waals surface area contributed by atoms with Crippen molar-refractivity contribution in [3.63, 3.8) is 0 Å². The minimum atomic E-state index is -0.542. The number of aromatic nitrogens is 1. The van der Waals surface area contributed by atoms with Crippen LogP contribution in [-0.4, -0.2) is 41.5 Å². The number of nitrogens with two attached hydrogens (primary N) is 1. The van der Waals surface area contributed by atoms with E-state index in [1.807, 2.05) is 34.0 Å². The van der Waals surface area contributed by atoms with E-state index in [1.54, 1.807) is 16.2 Å². The van der Waals surface area contributed by atoms with Crippen LogP contribution in [0.5, 0.6) is 0 Å². The van der Waals surface area contributed by atoms with Crippen LogP contribution in [-0.2, 0) is 4.79 Å². The molecule has 1 amide bonds. The zero-order valence-corrected chi connectivity index (χ0v) is 12.1. The Morgan fingerprint density at radius 2 is 2.17 bits per heavy atom. The summed E-state index contributed by atoms with van der Waals surface area (Å²) in [7, 11) is 1.84. The summed E-state index contributed by atoms with van der Waals surface area (Å²) in [6.45, 7) is 7.37. The normalized spacial score (nSPS) is 21.3. The molecule has 1 saturated heterocycles. The van der Waals surface area contributed by atoms with Crippen molar-refractivity contribution in [1.29, 1.82) is 0 Å². The average molecular weight is 268 g/mol. The lowest BCUT2D eigenvalue weighted by Crippen LogP contribution is -2.62. The maximum atomic E-state index is 12.2. The zero-order chi connectivity index (χ0) is 13.5. The van der Waals surface area contributed by atoms with Crippen molar-refractivity contribution in [3.05, 3.63) is 11.1 Å². The van der Waals surface area contributed by atoms with Gasteiger partial charge in [-0.15, -0.1) is 11.3 Å². The molecule has 0 saturated carbocycles. The van der Waals surface area contributed by atoms with E-state index in [2.05, 4.69) is 9.88 Å². The number of thiazole rings is 1. The third-order valence-corrected chi connectivity index (χ3v) is 4.62. The molecule has 0 spiro atoms. The van der Waals surface area contributed by atoms with Gasteiger partial charge in [0.15, 0.2) is 5.13 Å². The van der Waals surface area contributed by atoms with Crippen molar-refractivity contribution < 1.29 is 4.79 Å². The highest BCUT2D eigenvalue weighted by atomic mass is 32.1. The van der Waals surface area contributed by atoms with Crippen molar-refractivity contribution in [3.8, 4) is 0 Å². The SMILES string of the molecule is CC(N)c1cnc(N2CCN(C)C(=O)C2(C)C)s1. The van der Waals surface area contributed by atoms with Crippen LogP contribution < -0.4 is 10.6 Å². The monoisotopic (exact) mass is 268 g/mol. The Morgan fingerprint density at radius 3 is 2.72 bits per heavy atom. The summed E-state index contributed by atoms with van der Waals surface area (Å²) in [6, 6.07) is -0.0115. The molecule has 1 aromatic rings. The molecular formula is C12H20N4OS. The van der Waals surface area contributed by atoms with Gasteiger partial charge < -0.3 is 15.5 Å². The van der Waals surface area contributed by atoms with E-state index in [-0.39, 0.29) is 11.9 Å². The van der Waals surface area contributed by atoms with E-state index in [0.717, 1.165) is 23.1 Å². The number of rotatable bonds is 2. The molecule has 18 heavy (non-hydrogen) atoms. The first-order valence-electron chi connectivity index (χ1n) is 6.08. The molecule has 6 heteroatoms. The van der Waals surface area contributed by atoms with Crippen molar-refractivity contribution in [2.75, 3.05) is 25.0 Å². The summed E-state index contributed by atoms with van der Waals surface area (Å²) in [5.74, 6) is 0.131. The third-order valence-electron chi connectivity index (χ3n) is 3.39. The summed E-state index contributed by atoms with van der Waals surface area (Å²) in [5, 5.41) is 0.883. The van der Waals surface area contributed by atoms with E-state index >= 15 is 0 Å². The number of hydrogen-bond acceptors (Lipinski definition) is 5. The van der Waals surface area contributed by atoms with Gasteiger partial charge in [0.25, 0.3) is 0 Å². The summed E-state index contributed by atoms with van der Waals surface area (Å²) in [5.41, 5.74) is 5.31. The van der Waals surface area contributed by atoms with Crippen LogP contribution in [0.2, 0.25) is 0 Å². The fourth-order valence-electron chi connectivity index (χ4n) is 2.16. The number of carbonyl (C=O) groups is 1. The lowest BCUT2D eigenvalue weighted by atomic mass is 9.99. The largest absolute Gasteiger partial charge is 0.342 e. The van der Waals surface area contributed by atoms with Gasteiger partial charge in [0.1, 0.15) is 5.54 Å². The maximum absolute atomic E-state index is 12.2. The lowest BCUT2D eigenvalue weighted by molar-refractivity contribution is -0.136. The number of carbonyl (C=O) groups excluding carboxylic acids is 1. The van der Waals surface area contributed by atoms with E-state index in [9.17, 15) is 4.79 Å². The molecule has 1 fully saturated rings. The van der Waals surface area contributed by atoms with Crippen molar-refractivity contribution in [1.82, 2.24) is 9.88 Å². The predicted molar refractivity (Wildman–Crippen MR) is 73.8 cm³/mol. The number of anilines is 1. The molecule has 0 bridgehead atoms. The second-order valence-corrected chi connectivity index (χ2v) is 6.31. The molecule has 100 valence electrons. The Labute approximate surface area is 112 Å². The molecule has 2 N–H and O–H groups in total. The summed E-state index contributed by atoms with van der Waals surface area (Å²) >= 11 is 1.57. The van der Waals surface area contributed by atoms with Crippen molar-refractivity contribution in [2.45, 2.75) is 32.4 Å². The number of likely N-dealkylation sites (N-methyl/N-ethyl adjacent to an activating group) is 1. The summed E-state index contributed by atoms with van der Waals surface area (Å²) in [4.78, 5) is 21.5. The van der Waals surface area contributed by atoms with Gasteiger partial charge in [-0.3, -0.25) is 4.79 Å². The topological polar surface area (TPSA) is 62.5 Å². The van der Waals surface area contributed by atoms with E-state index in [1.165, 1.54) is 0 Å². The first-order valence-corrected chi connectivity index (χ1v) is 6.90. The van der Waals surface area contributed by atoms with Gasteiger partial charge in [0.05, 0.1) is 0 Å². The molecule has 1 atom stereocenters. The first-order chi connectivity index (χ1) is 8.34. The summed E-state index contributed by atoms with van der Waals surface area (Å²) < 4.78 is 0. The van der Waals surface area contributed by atoms with Crippen LogP contribution in [0, 0.1) is 0 Å². The van der Waals surface area contributed by atoms with E-state index in [4.69, 9.17) is 5.73 Å². The van der Waals surface area contributed by atoms with Crippen LogP contribution in [0.4, 0.5) is 5.13 Å². The van der Waals surface area contributed by atoms with Crippen LogP contribution in [0.1, 0.15) is 31.7 Å². The molecule has 0 aromatic carbocycles. The number of hydrogen-bond donors (Lipinski definition) is 1. The Balaban J connectivity index is 2.29. The zero-order valence-electron chi connectivity index (χ0n) is 11.3. The highest BCUT2D eigenvalue weighted by Crippen LogP contribution is 2.33. The summed E-state index contributed by atoms with van der Waals surface area (Å²) in [6.07, 6.45) is 1.81. The second-order valence-electron chi connectivity index (χ2n) is 5.27. The smallest absolute Gasteiger partial charge is 0.247 e. The molecule has 0 aliphatic carbocycles. The van der Waals surface area contributed by atoms with E-state index < -0.39 is 5.54 Å². The second kappa shape index (κ2) is 4.51. The fraction of sp³-hybridized carbons (Fsp3) is 0.667. The van der Waals surface area contributed by atoms with Crippen LogP contribution in [0.15, 0.2) is 6.20 Å². The highest BCUT2D eigenvalue weighted by molar-refractivity contribution is 7.15. The molecule has 1 aliphatic rings. The predicted octanol–water partition coefficient (Wildman–Crippen LogP) is 1.22. The standard InChI is InChI=1S/C12H20N4OS/c1-8(13)9-7-14-11(18-9)16-6-5-15(4)10(17)12(16,2)3/h7-8H,5-6,13H2,1-4H3. The number of piperazine rings is 1. The van der Waals surface area contributed by atoms with Gasteiger partial charge >= 0.3 is 0 Å². The van der Waals surface area contributed by atoms with Gasteiger partial charge in [-0.1, -0.05) is 0 Å². The number of nitrogens with zero attached hydrogens (tertiary/aromatic N) is 3. The Kier molecular flexibility index (Phi) is 3.33. The lowest BCUT2D eigenvalue weighted by Gasteiger charge is -2.44.